The summed E-state index contributed by atoms with van der Waals surface area (Å²) in [6.45, 7) is 0. The van der Waals surface area contributed by atoms with Crippen molar-refractivity contribution in [3.8, 4) is 94.7 Å². The van der Waals surface area contributed by atoms with E-state index in [1.165, 1.54) is 132 Å². The van der Waals surface area contributed by atoms with Gasteiger partial charge in [0.25, 0.3) is 0 Å². The molecule has 18 aromatic rings. The zero-order valence-corrected chi connectivity index (χ0v) is 43.7. The van der Waals surface area contributed by atoms with E-state index in [4.69, 9.17) is 13.3 Å². The van der Waals surface area contributed by atoms with Gasteiger partial charge >= 0.3 is 0 Å². The van der Waals surface area contributed by atoms with Crippen LogP contribution in [0.4, 0.5) is 0 Å². The number of benzene rings is 14. The Labute approximate surface area is 466 Å². The van der Waals surface area contributed by atoms with Crippen LogP contribution in [0.3, 0.4) is 0 Å². The van der Waals surface area contributed by atoms with Crippen molar-refractivity contribution >= 4 is 120 Å². The second-order valence-corrected chi connectivity index (χ2v) is 22.9. The number of aromatic nitrogens is 1. The molecule has 14 aromatic carbocycles. The normalized spacial score (nSPS) is 12.9. The first-order valence-corrected chi connectivity index (χ1v) is 28.3. The van der Waals surface area contributed by atoms with Crippen LogP contribution in [-0.2, 0) is 0 Å². The smallest absolute Gasteiger partial charge is 0.143 e. The minimum absolute atomic E-state index is 0.887. The van der Waals surface area contributed by atoms with E-state index < -0.39 is 0 Å². The van der Waals surface area contributed by atoms with Gasteiger partial charge in [-0.25, -0.2) is 0 Å². The monoisotopic (exact) mass is 1040 g/mol. The van der Waals surface area contributed by atoms with Gasteiger partial charge < -0.3 is 17.8 Å². The molecule has 0 fully saturated rings. The van der Waals surface area contributed by atoms with Crippen molar-refractivity contribution in [1.82, 2.24) is 4.57 Å². The molecule has 4 nitrogen and oxygen atoms in total. The molecular weight excluding hydrogens is 999 g/mol. The Morgan fingerprint density at radius 3 is 1.45 bits per heavy atom. The average molecular weight is 1040 g/mol. The molecule has 0 unspecified atom stereocenters. The van der Waals surface area contributed by atoms with Crippen molar-refractivity contribution in [3.05, 3.63) is 237 Å². The zero-order chi connectivity index (χ0) is 52.8. The molecule has 0 atom stereocenters. The molecule has 4 heterocycles. The van der Waals surface area contributed by atoms with Gasteiger partial charge in [0.2, 0.25) is 0 Å². The Bertz CT molecular complexity index is 6070. The fourth-order valence-electron chi connectivity index (χ4n) is 15.6. The highest BCUT2D eigenvalue weighted by molar-refractivity contribution is 6.29. The Kier molecular flexibility index (Phi) is 7.51. The van der Waals surface area contributed by atoms with Gasteiger partial charge in [0.1, 0.15) is 33.5 Å². The molecule has 21 rings (SSSR count). The SMILES string of the molecule is c1cc2c3c(cc(-c4cc5c6c(cccc6c4)-c4c-5ccc5oc6ccc(-c7ccc8c(c7)c7ccccc7n8-c7ccc8c9c(cccc79)-c7c-8ccc8c7oc7ccccc78)cc6c45)cc3c1)-c1ccc3c(oc4ccccc43)c1-2. The molecule has 82 heavy (non-hydrogen) atoms. The maximum Gasteiger partial charge on any atom is 0.143 e. The number of fused-ring (bicyclic) bond motifs is 24. The number of nitrogens with zero attached hydrogens (tertiary/aromatic N) is 1. The molecule has 374 valence electrons. The highest BCUT2D eigenvalue weighted by Crippen LogP contribution is 2.57. The van der Waals surface area contributed by atoms with Crippen molar-refractivity contribution in [2.24, 2.45) is 0 Å². The summed E-state index contributed by atoms with van der Waals surface area (Å²) in [6.07, 6.45) is 0. The number of rotatable bonds is 3. The van der Waals surface area contributed by atoms with Crippen LogP contribution >= 0.6 is 0 Å². The first-order valence-electron chi connectivity index (χ1n) is 28.3. The van der Waals surface area contributed by atoms with Gasteiger partial charge in [-0.05, 0) is 196 Å². The second kappa shape index (κ2) is 14.6. The summed E-state index contributed by atoms with van der Waals surface area (Å²) in [7, 11) is 0. The maximum absolute atomic E-state index is 6.78. The third-order valence-electron chi connectivity index (χ3n) is 19.0. The fraction of sp³-hybridized carbons (Fsp3) is 0. The minimum Gasteiger partial charge on any atom is -0.456 e. The van der Waals surface area contributed by atoms with Gasteiger partial charge in [-0.2, -0.15) is 0 Å². The highest BCUT2D eigenvalue weighted by Gasteiger charge is 2.31. The summed E-state index contributed by atoms with van der Waals surface area (Å²) in [4.78, 5) is 0. The third-order valence-corrected chi connectivity index (χ3v) is 19.0. The van der Waals surface area contributed by atoms with Crippen molar-refractivity contribution in [2.45, 2.75) is 0 Å². The molecule has 0 aliphatic heterocycles. The van der Waals surface area contributed by atoms with Crippen LogP contribution < -0.4 is 0 Å². The topological polar surface area (TPSA) is 44.4 Å². The van der Waals surface area contributed by atoms with Crippen molar-refractivity contribution in [3.63, 3.8) is 0 Å². The van der Waals surface area contributed by atoms with Crippen molar-refractivity contribution in [1.29, 1.82) is 0 Å². The summed E-state index contributed by atoms with van der Waals surface area (Å²) in [6, 6.07) is 87.5. The molecule has 3 aliphatic carbocycles. The fourth-order valence-corrected chi connectivity index (χ4v) is 15.6. The lowest BCUT2D eigenvalue weighted by Gasteiger charge is -2.13. The summed E-state index contributed by atoms with van der Waals surface area (Å²) in [5.41, 5.74) is 28.6. The van der Waals surface area contributed by atoms with Gasteiger partial charge in [0, 0.05) is 65.2 Å². The number of furan rings is 3. The number of hydrogen-bond acceptors (Lipinski definition) is 3. The third kappa shape index (κ3) is 5.12. The van der Waals surface area contributed by atoms with E-state index in [2.05, 4.69) is 241 Å². The Morgan fingerprint density at radius 2 is 0.744 bits per heavy atom. The van der Waals surface area contributed by atoms with Gasteiger partial charge in [-0.1, -0.05) is 140 Å². The van der Waals surface area contributed by atoms with Crippen LogP contribution in [-0.4, -0.2) is 4.57 Å². The van der Waals surface area contributed by atoms with Crippen LogP contribution in [0.1, 0.15) is 0 Å². The van der Waals surface area contributed by atoms with Crippen LogP contribution in [0.25, 0.3) is 215 Å². The van der Waals surface area contributed by atoms with Crippen LogP contribution in [0.5, 0.6) is 0 Å². The van der Waals surface area contributed by atoms with Crippen LogP contribution in [0, 0.1) is 0 Å². The minimum atomic E-state index is 0.887. The molecule has 3 aliphatic rings. The molecule has 4 heteroatoms. The average Bonchev–Trinajstić information content (AvgIpc) is 2.21. The molecular formula is C78H39NO3. The van der Waals surface area contributed by atoms with Gasteiger partial charge in [-0.3, -0.25) is 0 Å². The van der Waals surface area contributed by atoms with Crippen LogP contribution in [0.2, 0.25) is 0 Å². The molecule has 0 bridgehead atoms. The Hall–Kier alpha value is -10.9. The van der Waals surface area contributed by atoms with Crippen molar-refractivity contribution in [2.75, 3.05) is 0 Å². The van der Waals surface area contributed by atoms with E-state index in [-0.39, 0.29) is 0 Å². The lowest BCUT2D eigenvalue weighted by Crippen LogP contribution is -1.95. The van der Waals surface area contributed by atoms with Gasteiger partial charge in [0.15, 0.2) is 0 Å². The molecule has 4 aromatic heterocycles. The maximum atomic E-state index is 6.78. The van der Waals surface area contributed by atoms with Gasteiger partial charge in [0.05, 0.1) is 16.7 Å². The summed E-state index contributed by atoms with van der Waals surface area (Å²) < 4.78 is 22.5. The lowest BCUT2D eigenvalue weighted by molar-refractivity contribution is 0.669. The Morgan fingerprint density at radius 1 is 0.232 bits per heavy atom. The molecule has 0 amide bonds. The van der Waals surface area contributed by atoms with E-state index >= 15 is 0 Å². The van der Waals surface area contributed by atoms with Crippen LogP contribution in [0.15, 0.2) is 250 Å². The van der Waals surface area contributed by atoms with Gasteiger partial charge in [-0.15, -0.1) is 0 Å². The van der Waals surface area contributed by atoms with E-state index in [1.54, 1.807) is 0 Å². The number of para-hydroxylation sites is 3. The lowest BCUT2D eigenvalue weighted by atomic mass is 9.92. The second-order valence-electron chi connectivity index (χ2n) is 22.9. The summed E-state index contributed by atoms with van der Waals surface area (Å²) >= 11 is 0. The first-order chi connectivity index (χ1) is 40.6. The van der Waals surface area contributed by atoms with E-state index in [0.29, 0.717) is 0 Å². The largest absolute Gasteiger partial charge is 0.456 e. The summed E-state index contributed by atoms with van der Waals surface area (Å²) in [5.74, 6) is 0. The molecule has 0 saturated carbocycles. The predicted octanol–water partition coefficient (Wildman–Crippen LogP) is 22.2. The molecule has 0 saturated heterocycles. The molecule has 0 spiro atoms. The summed E-state index contributed by atoms with van der Waals surface area (Å²) in [5, 5.41) is 16.9. The highest BCUT2D eigenvalue weighted by atomic mass is 16.3. The standard InChI is InChI=1S/C78H39NO3/c1-4-19-63-46(12-1)59-36-40(22-30-65(59)79(63)64-31-28-49-50-24-26-53-47-13-2-5-20-66(47)81-77(53)74(50)58-18-9-15-55(64)72(49)58)41-23-32-68-62(37-41)76-69(80-68)33-29-51-60-38-44(34-42-10-7-16-56(70(42)60)73(51)76)45-35-43-11-8-17-57-71(43)61(39-45)52-25-27-54-48-14-3-6-21-67(48)82-78(54)75(52)57/h1-39H. The van der Waals surface area contributed by atoms with E-state index in [1.807, 2.05) is 0 Å². The van der Waals surface area contributed by atoms with Crippen molar-refractivity contribution < 1.29 is 13.3 Å². The van der Waals surface area contributed by atoms with E-state index in [9.17, 15) is 0 Å². The molecule has 0 N–H and O–H groups in total. The quantitative estimate of drug-likeness (QED) is 0.177. The zero-order valence-electron chi connectivity index (χ0n) is 43.7. The predicted molar refractivity (Wildman–Crippen MR) is 339 cm³/mol. The first kappa shape index (κ1) is 42.1. The Balaban J connectivity index is 0.698. The van der Waals surface area contributed by atoms with E-state index in [0.717, 1.165) is 82.6 Å². The molecule has 0 radical (unpaired) electrons. The number of hydrogen-bond donors (Lipinski definition) is 0.